The minimum atomic E-state index is -4.60. The van der Waals surface area contributed by atoms with E-state index in [1.807, 2.05) is 6.07 Å². The van der Waals surface area contributed by atoms with Crippen molar-refractivity contribution in [2.45, 2.75) is 33.0 Å². The lowest BCUT2D eigenvalue weighted by atomic mass is 10.0. The third-order valence-electron chi connectivity index (χ3n) is 5.18. The molecular formula is C23H23F3N3O4P. The van der Waals surface area contributed by atoms with Crippen LogP contribution in [0.3, 0.4) is 0 Å². The van der Waals surface area contributed by atoms with Crippen LogP contribution in [0, 0.1) is 11.3 Å². The van der Waals surface area contributed by atoms with Gasteiger partial charge in [-0.15, -0.1) is 0 Å². The molecular weight excluding hydrogens is 470 g/mol. The first kappa shape index (κ1) is 25.3. The third-order valence-corrected chi connectivity index (χ3v) is 7.08. The SMILES string of the molecule is CCOP(=O)(CC)OC1=C(C)N(c2cccc(C(F)(F)F)c2)C(=O)NC1c1ccc(C#N)cc1. The Bertz CT molecular complexity index is 1190. The van der Waals surface area contributed by atoms with Gasteiger partial charge in [0.2, 0.25) is 0 Å². The molecule has 11 heteroatoms. The Balaban J connectivity index is 2.15. The van der Waals surface area contributed by atoms with E-state index in [1.54, 1.807) is 38.1 Å². The van der Waals surface area contributed by atoms with E-state index in [0.717, 1.165) is 17.0 Å². The van der Waals surface area contributed by atoms with E-state index in [9.17, 15) is 22.5 Å². The van der Waals surface area contributed by atoms with Crippen LogP contribution in [0.2, 0.25) is 0 Å². The number of allylic oxidation sites excluding steroid dienone is 1. The van der Waals surface area contributed by atoms with E-state index in [0.29, 0.717) is 11.1 Å². The second-order valence-corrected chi connectivity index (χ2v) is 9.68. The summed E-state index contributed by atoms with van der Waals surface area (Å²) in [6.45, 7) is 4.89. The van der Waals surface area contributed by atoms with Crippen molar-refractivity contribution in [3.63, 3.8) is 0 Å². The largest absolute Gasteiger partial charge is 0.424 e. The van der Waals surface area contributed by atoms with Crippen molar-refractivity contribution in [2.75, 3.05) is 17.7 Å². The molecule has 0 fully saturated rings. The summed E-state index contributed by atoms with van der Waals surface area (Å²) in [7, 11) is -3.62. The highest BCUT2D eigenvalue weighted by Gasteiger charge is 2.39. The van der Waals surface area contributed by atoms with E-state index in [-0.39, 0.29) is 29.9 Å². The second kappa shape index (κ2) is 9.92. The smallest absolute Gasteiger partial charge is 0.416 e. The van der Waals surface area contributed by atoms with Crippen LogP contribution in [-0.4, -0.2) is 18.8 Å². The van der Waals surface area contributed by atoms with Gasteiger partial charge in [-0.05, 0) is 49.7 Å². The van der Waals surface area contributed by atoms with Crippen molar-refractivity contribution in [3.8, 4) is 6.07 Å². The number of urea groups is 1. The first-order valence-electron chi connectivity index (χ1n) is 10.4. The fraction of sp³-hybridized carbons (Fsp3) is 0.304. The molecule has 0 radical (unpaired) electrons. The van der Waals surface area contributed by atoms with Gasteiger partial charge >= 0.3 is 19.8 Å². The lowest BCUT2D eigenvalue weighted by molar-refractivity contribution is -0.137. The van der Waals surface area contributed by atoms with Crippen LogP contribution in [0.15, 0.2) is 60.0 Å². The number of rotatable bonds is 7. The Hall–Kier alpha value is -3.28. The number of nitrogens with zero attached hydrogens (tertiary/aromatic N) is 2. The van der Waals surface area contributed by atoms with E-state index in [2.05, 4.69) is 5.32 Å². The molecule has 2 aromatic rings. The fourth-order valence-corrected chi connectivity index (χ4v) is 4.78. The number of carbonyl (C=O) groups is 1. The molecule has 2 unspecified atom stereocenters. The van der Waals surface area contributed by atoms with Crippen molar-refractivity contribution in [2.24, 2.45) is 0 Å². The standard InChI is InChI=1S/C23H23F3N3O4P/c1-4-32-34(31,5-2)33-21-15(3)29(19-8-6-7-18(13-19)23(24,25)26)22(30)28-20(21)17-11-9-16(14-27)10-12-17/h6-13,20H,4-5H2,1-3H3,(H,28,30). The van der Waals surface area contributed by atoms with E-state index >= 15 is 0 Å². The van der Waals surface area contributed by atoms with Gasteiger partial charge in [0.25, 0.3) is 0 Å². The Labute approximate surface area is 195 Å². The Morgan fingerprint density at radius 2 is 1.85 bits per heavy atom. The van der Waals surface area contributed by atoms with Crippen molar-refractivity contribution >= 4 is 19.3 Å². The van der Waals surface area contributed by atoms with Crippen molar-refractivity contribution < 1.29 is 31.6 Å². The Morgan fingerprint density at radius 3 is 2.41 bits per heavy atom. The maximum Gasteiger partial charge on any atom is 0.416 e. The Kier molecular flexibility index (Phi) is 7.39. The molecule has 0 spiro atoms. The predicted molar refractivity (Wildman–Crippen MR) is 120 cm³/mol. The number of hydrogen-bond donors (Lipinski definition) is 1. The molecule has 180 valence electrons. The summed E-state index contributed by atoms with van der Waals surface area (Å²) >= 11 is 0. The lowest BCUT2D eigenvalue weighted by Gasteiger charge is -2.37. The van der Waals surface area contributed by atoms with Crippen molar-refractivity contribution in [3.05, 3.63) is 76.7 Å². The van der Waals surface area contributed by atoms with Crippen LogP contribution in [0.5, 0.6) is 0 Å². The molecule has 34 heavy (non-hydrogen) atoms. The normalized spacial score (nSPS) is 18.2. The Morgan fingerprint density at radius 1 is 1.18 bits per heavy atom. The number of anilines is 1. The van der Waals surface area contributed by atoms with Gasteiger partial charge in [0.1, 0.15) is 6.04 Å². The molecule has 3 rings (SSSR count). The van der Waals surface area contributed by atoms with Crippen LogP contribution in [0.4, 0.5) is 23.7 Å². The molecule has 0 saturated heterocycles. The molecule has 2 amide bonds. The van der Waals surface area contributed by atoms with Crippen molar-refractivity contribution in [1.82, 2.24) is 5.32 Å². The monoisotopic (exact) mass is 493 g/mol. The number of nitrogens with one attached hydrogen (secondary N) is 1. The average molecular weight is 493 g/mol. The highest BCUT2D eigenvalue weighted by atomic mass is 31.2. The van der Waals surface area contributed by atoms with E-state index in [1.165, 1.54) is 19.1 Å². The van der Waals surface area contributed by atoms with E-state index < -0.39 is 31.4 Å². The van der Waals surface area contributed by atoms with E-state index in [4.69, 9.17) is 14.3 Å². The summed E-state index contributed by atoms with van der Waals surface area (Å²) in [5.41, 5.74) is 0.131. The molecule has 1 heterocycles. The zero-order valence-corrected chi connectivity index (χ0v) is 19.6. The maximum absolute atomic E-state index is 13.3. The number of benzene rings is 2. The quantitative estimate of drug-likeness (QED) is 0.454. The van der Waals surface area contributed by atoms with Gasteiger partial charge < -0.3 is 14.4 Å². The summed E-state index contributed by atoms with van der Waals surface area (Å²) in [6, 6.07) is 11.0. The molecule has 0 saturated carbocycles. The molecule has 7 nitrogen and oxygen atoms in total. The molecule has 0 aromatic heterocycles. The highest BCUT2D eigenvalue weighted by Crippen LogP contribution is 2.53. The van der Waals surface area contributed by atoms with Gasteiger partial charge in [0.05, 0.1) is 41.3 Å². The molecule has 1 aliphatic heterocycles. The average Bonchev–Trinajstić information content (AvgIpc) is 2.81. The number of halogens is 3. The molecule has 2 atom stereocenters. The van der Waals surface area contributed by atoms with Gasteiger partial charge in [-0.25, -0.2) is 9.36 Å². The molecule has 0 bridgehead atoms. The van der Waals surface area contributed by atoms with Crippen LogP contribution in [-0.2, 0) is 19.8 Å². The zero-order valence-electron chi connectivity index (χ0n) is 18.7. The first-order chi connectivity index (χ1) is 16.0. The van der Waals surface area contributed by atoms with Crippen LogP contribution >= 0.6 is 7.60 Å². The number of carbonyl (C=O) groups excluding carboxylic acids is 1. The summed E-state index contributed by atoms with van der Waals surface area (Å²) < 4.78 is 64.2. The lowest BCUT2D eigenvalue weighted by Crippen LogP contribution is -2.47. The topological polar surface area (TPSA) is 91.7 Å². The zero-order chi connectivity index (χ0) is 25.1. The summed E-state index contributed by atoms with van der Waals surface area (Å²) in [5, 5.41) is 11.8. The fourth-order valence-electron chi connectivity index (χ4n) is 3.49. The highest BCUT2D eigenvalue weighted by molar-refractivity contribution is 7.53. The van der Waals surface area contributed by atoms with Gasteiger partial charge in [0.15, 0.2) is 5.76 Å². The number of nitriles is 1. The van der Waals surface area contributed by atoms with Crippen molar-refractivity contribution in [1.29, 1.82) is 5.26 Å². The van der Waals surface area contributed by atoms with Crippen LogP contribution in [0.25, 0.3) is 0 Å². The first-order valence-corrected chi connectivity index (χ1v) is 12.2. The third kappa shape index (κ3) is 5.27. The minimum absolute atomic E-state index is 0.0352. The molecule has 1 N–H and O–H groups in total. The van der Waals surface area contributed by atoms with Gasteiger partial charge in [0, 0.05) is 0 Å². The number of alkyl halides is 3. The van der Waals surface area contributed by atoms with Gasteiger partial charge in [-0.2, -0.15) is 18.4 Å². The number of amides is 2. The summed E-state index contributed by atoms with van der Waals surface area (Å²) in [4.78, 5) is 14.1. The predicted octanol–water partition coefficient (Wildman–Crippen LogP) is 6.35. The molecule has 1 aliphatic rings. The molecule has 2 aromatic carbocycles. The van der Waals surface area contributed by atoms with Crippen LogP contribution < -0.4 is 10.2 Å². The minimum Gasteiger partial charge on any atom is -0.424 e. The number of hydrogen-bond acceptors (Lipinski definition) is 5. The summed E-state index contributed by atoms with van der Waals surface area (Å²) in [5.74, 6) is 0.0698. The second-order valence-electron chi connectivity index (χ2n) is 7.39. The van der Waals surface area contributed by atoms with Crippen LogP contribution in [0.1, 0.15) is 43.5 Å². The van der Waals surface area contributed by atoms with Gasteiger partial charge in [-0.3, -0.25) is 4.90 Å². The summed E-state index contributed by atoms with van der Waals surface area (Å²) in [6.07, 6.45) is -4.56. The van der Waals surface area contributed by atoms with Gasteiger partial charge in [-0.1, -0.05) is 25.1 Å². The maximum atomic E-state index is 13.3. The molecule has 0 aliphatic carbocycles.